The lowest BCUT2D eigenvalue weighted by molar-refractivity contribution is 0.272. The van der Waals surface area contributed by atoms with Crippen molar-refractivity contribution in [3.63, 3.8) is 0 Å². The number of azo groups is 1. The van der Waals surface area contributed by atoms with Gasteiger partial charge in [0.25, 0.3) is 0 Å². The van der Waals surface area contributed by atoms with Gasteiger partial charge in [0.1, 0.15) is 0 Å². The molecule has 0 atom stereocenters. The number of nitrogens with zero attached hydrogens (tertiary/aromatic N) is 2. The molecule has 0 aliphatic heterocycles. The van der Waals surface area contributed by atoms with Crippen LogP contribution in [0.1, 0.15) is 5.56 Å². The molecule has 0 aliphatic carbocycles. The van der Waals surface area contributed by atoms with Gasteiger partial charge in [0.05, 0.1) is 46.4 Å². The van der Waals surface area contributed by atoms with E-state index >= 15 is 0 Å². The van der Waals surface area contributed by atoms with Gasteiger partial charge in [-0.1, -0.05) is 0 Å². The molecule has 2 aromatic rings. The third-order valence-corrected chi connectivity index (χ3v) is 3.46. The van der Waals surface area contributed by atoms with Gasteiger partial charge in [-0.3, -0.25) is 0 Å². The minimum Gasteiger partial charge on any atom is -0.504 e. The fourth-order valence-electron chi connectivity index (χ4n) is 2.22. The standard InChI is InChI=1S/C17H20N2O6/c1-22-13-6-11(5-10(9-20)16(13)21)18-19-12-7-14(23-2)17(25-4)15(8-12)24-3/h5-8,20-21H,9H2,1-4H3. The number of aliphatic hydroxyl groups is 1. The summed E-state index contributed by atoms with van der Waals surface area (Å²) >= 11 is 0. The third kappa shape index (κ3) is 3.92. The molecule has 2 rings (SSSR count). The zero-order chi connectivity index (χ0) is 18.4. The van der Waals surface area contributed by atoms with Crippen LogP contribution in [-0.2, 0) is 6.61 Å². The number of phenols is 1. The third-order valence-electron chi connectivity index (χ3n) is 3.46. The van der Waals surface area contributed by atoms with Crippen molar-refractivity contribution in [2.45, 2.75) is 6.61 Å². The molecule has 0 radical (unpaired) electrons. The van der Waals surface area contributed by atoms with E-state index in [9.17, 15) is 10.2 Å². The van der Waals surface area contributed by atoms with Gasteiger partial charge in [0.2, 0.25) is 5.75 Å². The molecular weight excluding hydrogens is 328 g/mol. The second-order valence-electron chi connectivity index (χ2n) is 4.90. The average molecular weight is 348 g/mol. The number of aromatic hydroxyl groups is 1. The zero-order valence-corrected chi connectivity index (χ0v) is 14.4. The molecule has 2 N–H and O–H groups in total. The maximum atomic E-state index is 9.89. The molecule has 25 heavy (non-hydrogen) atoms. The van der Waals surface area contributed by atoms with Crippen LogP contribution >= 0.6 is 0 Å². The Bertz CT molecular complexity index is 726. The number of hydrogen-bond acceptors (Lipinski definition) is 8. The number of ether oxygens (including phenoxy) is 4. The van der Waals surface area contributed by atoms with Crippen molar-refractivity contribution >= 4 is 11.4 Å². The van der Waals surface area contributed by atoms with Gasteiger partial charge in [-0.15, -0.1) is 0 Å². The van der Waals surface area contributed by atoms with Crippen LogP contribution in [0.3, 0.4) is 0 Å². The summed E-state index contributed by atoms with van der Waals surface area (Å²) in [6.07, 6.45) is 0. The topological polar surface area (TPSA) is 102 Å². The number of benzene rings is 2. The van der Waals surface area contributed by atoms with Crippen molar-refractivity contribution in [2.24, 2.45) is 10.2 Å². The van der Waals surface area contributed by atoms with Crippen LogP contribution in [0.15, 0.2) is 34.5 Å². The Morgan fingerprint density at radius 1 is 0.760 bits per heavy atom. The minimum absolute atomic E-state index is 0.128. The Morgan fingerprint density at radius 2 is 1.24 bits per heavy atom. The Hall–Kier alpha value is -3.00. The van der Waals surface area contributed by atoms with Crippen LogP contribution in [0.2, 0.25) is 0 Å². The quantitative estimate of drug-likeness (QED) is 0.744. The number of methoxy groups -OCH3 is 4. The zero-order valence-electron chi connectivity index (χ0n) is 14.4. The molecule has 0 unspecified atom stereocenters. The van der Waals surface area contributed by atoms with Gasteiger partial charge in [0, 0.05) is 23.8 Å². The fourth-order valence-corrected chi connectivity index (χ4v) is 2.22. The van der Waals surface area contributed by atoms with E-state index in [0.29, 0.717) is 28.6 Å². The highest BCUT2D eigenvalue weighted by atomic mass is 16.5. The monoisotopic (exact) mass is 348 g/mol. The smallest absolute Gasteiger partial charge is 0.203 e. The van der Waals surface area contributed by atoms with Gasteiger partial charge >= 0.3 is 0 Å². The second-order valence-corrected chi connectivity index (χ2v) is 4.90. The van der Waals surface area contributed by atoms with E-state index in [1.807, 2.05) is 0 Å². The molecule has 0 saturated carbocycles. The van der Waals surface area contributed by atoms with Crippen molar-refractivity contribution in [3.05, 3.63) is 29.8 Å². The summed E-state index contributed by atoms with van der Waals surface area (Å²) in [4.78, 5) is 0. The summed E-state index contributed by atoms with van der Waals surface area (Å²) in [7, 11) is 5.95. The largest absolute Gasteiger partial charge is 0.504 e. The van der Waals surface area contributed by atoms with Gasteiger partial charge in [-0.2, -0.15) is 10.2 Å². The SMILES string of the molecule is COc1cc(N=Nc2cc(OC)c(OC)c(OC)c2)cc(CO)c1O. The lowest BCUT2D eigenvalue weighted by Crippen LogP contribution is -1.94. The molecule has 0 fully saturated rings. The van der Waals surface area contributed by atoms with Crippen LogP contribution in [0, 0.1) is 0 Å². The first kappa shape index (κ1) is 18.3. The highest BCUT2D eigenvalue weighted by molar-refractivity contribution is 5.61. The molecule has 0 spiro atoms. The molecule has 0 aliphatic rings. The van der Waals surface area contributed by atoms with E-state index < -0.39 is 0 Å². The van der Waals surface area contributed by atoms with Crippen LogP contribution in [0.5, 0.6) is 28.7 Å². The normalized spacial score (nSPS) is 10.8. The highest BCUT2D eigenvalue weighted by Crippen LogP contribution is 2.41. The van der Waals surface area contributed by atoms with E-state index in [4.69, 9.17) is 18.9 Å². The molecule has 134 valence electrons. The van der Waals surface area contributed by atoms with Gasteiger partial charge < -0.3 is 29.2 Å². The Labute approximate surface area is 145 Å². The van der Waals surface area contributed by atoms with E-state index in [2.05, 4.69) is 10.2 Å². The van der Waals surface area contributed by atoms with E-state index in [-0.39, 0.29) is 23.7 Å². The van der Waals surface area contributed by atoms with Crippen molar-refractivity contribution in [2.75, 3.05) is 28.4 Å². The summed E-state index contributed by atoms with van der Waals surface area (Å²) in [5.74, 6) is 1.44. The molecule has 0 bridgehead atoms. The Balaban J connectivity index is 2.42. The fraction of sp³-hybridized carbons (Fsp3) is 0.294. The molecule has 8 nitrogen and oxygen atoms in total. The summed E-state index contributed by atoms with van der Waals surface area (Å²) in [5, 5.41) is 27.4. The number of hydrogen-bond donors (Lipinski definition) is 2. The van der Waals surface area contributed by atoms with Crippen molar-refractivity contribution in [1.82, 2.24) is 0 Å². The molecule has 8 heteroatoms. The lowest BCUT2D eigenvalue weighted by atomic mass is 10.1. The van der Waals surface area contributed by atoms with Crippen molar-refractivity contribution in [1.29, 1.82) is 0 Å². The lowest BCUT2D eigenvalue weighted by Gasteiger charge is -2.12. The summed E-state index contributed by atoms with van der Waals surface area (Å²) in [6.45, 7) is -0.351. The van der Waals surface area contributed by atoms with Crippen LogP contribution in [0.25, 0.3) is 0 Å². The predicted octanol–water partition coefficient (Wildman–Crippen LogP) is 3.33. The van der Waals surface area contributed by atoms with E-state index in [1.54, 1.807) is 12.1 Å². The number of aliphatic hydroxyl groups excluding tert-OH is 1. The summed E-state index contributed by atoms with van der Waals surface area (Å²) in [5.41, 5.74) is 1.18. The van der Waals surface area contributed by atoms with E-state index in [1.165, 1.54) is 40.6 Å². The molecule has 0 aromatic heterocycles. The maximum absolute atomic E-state index is 9.89. The maximum Gasteiger partial charge on any atom is 0.203 e. The Kier molecular flexibility index (Phi) is 6.02. The molecule has 0 heterocycles. The van der Waals surface area contributed by atoms with E-state index in [0.717, 1.165) is 0 Å². The highest BCUT2D eigenvalue weighted by Gasteiger charge is 2.13. The first-order valence-corrected chi connectivity index (χ1v) is 7.30. The van der Waals surface area contributed by atoms with Crippen LogP contribution in [-0.4, -0.2) is 38.7 Å². The predicted molar refractivity (Wildman–Crippen MR) is 90.9 cm³/mol. The van der Waals surface area contributed by atoms with Crippen molar-refractivity contribution in [3.8, 4) is 28.7 Å². The van der Waals surface area contributed by atoms with Gasteiger partial charge in [-0.25, -0.2) is 0 Å². The average Bonchev–Trinajstić information content (AvgIpc) is 2.65. The number of rotatable bonds is 7. The van der Waals surface area contributed by atoms with Crippen molar-refractivity contribution < 1.29 is 29.2 Å². The molecular formula is C17H20N2O6. The first-order chi connectivity index (χ1) is 12.1. The minimum atomic E-state index is -0.351. The van der Waals surface area contributed by atoms with Crippen LogP contribution in [0.4, 0.5) is 11.4 Å². The summed E-state index contributed by atoms with van der Waals surface area (Å²) in [6, 6.07) is 6.32. The second kappa shape index (κ2) is 8.20. The first-order valence-electron chi connectivity index (χ1n) is 7.30. The van der Waals surface area contributed by atoms with Gasteiger partial charge in [0.15, 0.2) is 23.0 Å². The summed E-state index contributed by atoms with van der Waals surface area (Å²) < 4.78 is 20.9. The molecule has 0 saturated heterocycles. The van der Waals surface area contributed by atoms with Crippen LogP contribution < -0.4 is 18.9 Å². The molecule has 0 amide bonds. The molecule has 2 aromatic carbocycles. The van der Waals surface area contributed by atoms with Gasteiger partial charge in [-0.05, 0) is 6.07 Å². The Morgan fingerprint density at radius 3 is 1.68 bits per heavy atom.